The minimum absolute atomic E-state index is 0.342. The highest BCUT2D eigenvalue weighted by Gasteiger charge is 2.06. The van der Waals surface area contributed by atoms with Crippen molar-refractivity contribution in [3.8, 4) is 0 Å². The van der Waals surface area contributed by atoms with Crippen LogP contribution in [0.15, 0.2) is 57.0 Å². The Hall–Kier alpha value is -2.28. The Morgan fingerprint density at radius 2 is 1.75 bits per heavy atom. The van der Waals surface area contributed by atoms with Gasteiger partial charge in [-0.3, -0.25) is 4.99 Å². The number of sulfone groups is 1. The van der Waals surface area contributed by atoms with E-state index in [1.165, 1.54) is 6.26 Å². The van der Waals surface area contributed by atoms with Crippen LogP contribution in [0.3, 0.4) is 0 Å². The molecule has 24 heavy (non-hydrogen) atoms. The Morgan fingerprint density at radius 1 is 1.08 bits per heavy atom. The Bertz CT molecular complexity index is 751. The number of guanidine groups is 1. The Balaban J connectivity index is 1.73. The number of nitrogens with zero attached hydrogens (tertiary/aromatic N) is 1. The molecule has 0 bridgehead atoms. The van der Waals surface area contributed by atoms with E-state index < -0.39 is 9.84 Å². The second kappa shape index (κ2) is 8.54. The normalized spacial score (nSPS) is 12.2. The third kappa shape index (κ3) is 5.73. The van der Waals surface area contributed by atoms with E-state index in [2.05, 4.69) is 15.6 Å². The first-order chi connectivity index (χ1) is 11.5. The van der Waals surface area contributed by atoms with Gasteiger partial charge in [-0.25, -0.2) is 8.42 Å². The quantitative estimate of drug-likeness (QED) is 0.586. The fraction of sp³-hybridized carbons (Fsp3) is 0.353. The van der Waals surface area contributed by atoms with E-state index in [0.29, 0.717) is 11.4 Å². The summed E-state index contributed by atoms with van der Waals surface area (Å²) in [5, 5.41) is 6.46. The summed E-state index contributed by atoms with van der Waals surface area (Å²) in [6.45, 7) is 1.44. The van der Waals surface area contributed by atoms with Crippen LogP contribution in [0.2, 0.25) is 0 Å². The molecule has 0 aliphatic rings. The van der Waals surface area contributed by atoms with Crippen molar-refractivity contribution in [3.63, 3.8) is 0 Å². The van der Waals surface area contributed by atoms with Gasteiger partial charge in [0.2, 0.25) is 0 Å². The number of benzene rings is 1. The van der Waals surface area contributed by atoms with Crippen LogP contribution in [0.25, 0.3) is 0 Å². The smallest absolute Gasteiger partial charge is 0.191 e. The second-order valence-corrected chi connectivity index (χ2v) is 7.44. The van der Waals surface area contributed by atoms with Crippen LogP contribution in [-0.2, 0) is 22.7 Å². The Kier molecular flexibility index (Phi) is 6.43. The fourth-order valence-corrected chi connectivity index (χ4v) is 2.84. The van der Waals surface area contributed by atoms with Crippen molar-refractivity contribution in [1.29, 1.82) is 0 Å². The van der Waals surface area contributed by atoms with Gasteiger partial charge < -0.3 is 15.1 Å². The molecule has 1 heterocycles. The summed E-state index contributed by atoms with van der Waals surface area (Å²) in [6.07, 6.45) is 4.45. The molecule has 0 atom stereocenters. The highest BCUT2D eigenvalue weighted by atomic mass is 32.2. The molecule has 7 heteroatoms. The molecule has 0 saturated heterocycles. The van der Waals surface area contributed by atoms with Crippen molar-refractivity contribution in [2.45, 2.75) is 17.7 Å². The van der Waals surface area contributed by atoms with E-state index in [0.717, 1.165) is 36.7 Å². The lowest BCUT2D eigenvalue weighted by Gasteiger charge is -2.11. The predicted octanol–water partition coefficient (Wildman–Crippen LogP) is 1.63. The first-order valence-corrected chi connectivity index (χ1v) is 9.64. The molecular formula is C17H23N3O3S. The van der Waals surface area contributed by atoms with Gasteiger partial charge in [-0.1, -0.05) is 12.1 Å². The molecule has 1 aromatic carbocycles. The number of nitrogens with one attached hydrogen (secondary N) is 2. The maximum absolute atomic E-state index is 11.4. The Morgan fingerprint density at radius 3 is 2.29 bits per heavy atom. The van der Waals surface area contributed by atoms with Gasteiger partial charge in [0.1, 0.15) is 5.76 Å². The van der Waals surface area contributed by atoms with E-state index in [4.69, 9.17) is 4.42 Å². The van der Waals surface area contributed by atoms with E-state index in [9.17, 15) is 8.42 Å². The average molecular weight is 349 g/mol. The maximum Gasteiger partial charge on any atom is 0.191 e. The second-order valence-electron chi connectivity index (χ2n) is 5.42. The summed E-state index contributed by atoms with van der Waals surface area (Å²) in [5.74, 6) is 1.67. The third-order valence-electron chi connectivity index (χ3n) is 3.53. The molecule has 0 radical (unpaired) electrons. The van der Waals surface area contributed by atoms with Gasteiger partial charge in [-0.15, -0.1) is 0 Å². The van der Waals surface area contributed by atoms with Crippen LogP contribution >= 0.6 is 0 Å². The topological polar surface area (TPSA) is 83.7 Å². The zero-order valence-corrected chi connectivity index (χ0v) is 14.8. The minimum Gasteiger partial charge on any atom is -0.469 e. The number of aliphatic imine (C=N–C) groups is 1. The highest BCUT2D eigenvalue weighted by molar-refractivity contribution is 7.90. The summed E-state index contributed by atoms with van der Waals surface area (Å²) >= 11 is 0. The van der Waals surface area contributed by atoms with Crippen LogP contribution < -0.4 is 10.6 Å². The SMILES string of the molecule is CN=C(NCCc1ccc(S(C)(=O)=O)cc1)NCCc1ccco1. The van der Waals surface area contributed by atoms with Gasteiger partial charge in [0.15, 0.2) is 15.8 Å². The van der Waals surface area contributed by atoms with Crippen LogP contribution in [0.4, 0.5) is 0 Å². The van der Waals surface area contributed by atoms with Crippen molar-refractivity contribution >= 4 is 15.8 Å². The standard InChI is InChI=1S/C17H23N3O3S/c1-18-17(20-12-10-15-4-3-13-23-15)19-11-9-14-5-7-16(8-6-14)24(2,21)22/h3-8,13H,9-12H2,1-2H3,(H2,18,19,20). The van der Waals surface area contributed by atoms with E-state index in [1.807, 2.05) is 24.3 Å². The van der Waals surface area contributed by atoms with E-state index in [-0.39, 0.29) is 0 Å². The molecular weight excluding hydrogens is 326 g/mol. The van der Waals surface area contributed by atoms with Gasteiger partial charge in [-0.2, -0.15) is 0 Å². The van der Waals surface area contributed by atoms with Gasteiger partial charge in [0, 0.05) is 32.8 Å². The van der Waals surface area contributed by atoms with Gasteiger partial charge in [0.05, 0.1) is 11.2 Å². The number of furan rings is 1. The number of hydrogen-bond donors (Lipinski definition) is 2. The van der Waals surface area contributed by atoms with Crippen molar-refractivity contribution < 1.29 is 12.8 Å². The molecule has 2 aromatic rings. The molecule has 2 N–H and O–H groups in total. The van der Waals surface area contributed by atoms with Crippen molar-refractivity contribution in [2.24, 2.45) is 4.99 Å². The number of rotatable bonds is 7. The van der Waals surface area contributed by atoms with Gasteiger partial charge >= 0.3 is 0 Å². The van der Waals surface area contributed by atoms with Crippen molar-refractivity contribution in [2.75, 3.05) is 26.4 Å². The third-order valence-corrected chi connectivity index (χ3v) is 4.65. The molecule has 2 rings (SSSR count). The summed E-state index contributed by atoms with van der Waals surface area (Å²) in [5.41, 5.74) is 1.07. The predicted molar refractivity (Wildman–Crippen MR) is 95.0 cm³/mol. The highest BCUT2D eigenvalue weighted by Crippen LogP contribution is 2.10. The molecule has 6 nitrogen and oxygen atoms in total. The monoisotopic (exact) mass is 349 g/mol. The van der Waals surface area contributed by atoms with E-state index in [1.54, 1.807) is 25.4 Å². The van der Waals surface area contributed by atoms with Crippen LogP contribution in [0.1, 0.15) is 11.3 Å². The number of hydrogen-bond acceptors (Lipinski definition) is 4. The minimum atomic E-state index is -3.14. The average Bonchev–Trinajstić information content (AvgIpc) is 3.06. The molecule has 0 unspecified atom stereocenters. The lowest BCUT2D eigenvalue weighted by atomic mass is 10.1. The lowest BCUT2D eigenvalue weighted by molar-refractivity contribution is 0.507. The molecule has 130 valence electrons. The van der Waals surface area contributed by atoms with Gasteiger partial charge in [0.25, 0.3) is 0 Å². The molecule has 0 aliphatic heterocycles. The summed E-state index contributed by atoms with van der Waals surface area (Å²) in [7, 11) is -1.41. The van der Waals surface area contributed by atoms with E-state index >= 15 is 0 Å². The fourth-order valence-electron chi connectivity index (χ4n) is 2.21. The van der Waals surface area contributed by atoms with Crippen molar-refractivity contribution in [1.82, 2.24) is 10.6 Å². The molecule has 0 saturated carbocycles. The molecule has 0 amide bonds. The molecule has 0 aliphatic carbocycles. The maximum atomic E-state index is 11.4. The molecule has 0 spiro atoms. The summed E-state index contributed by atoms with van der Waals surface area (Å²) < 4.78 is 28.1. The lowest BCUT2D eigenvalue weighted by Crippen LogP contribution is -2.39. The van der Waals surface area contributed by atoms with Crippen LogP contribution in [0.5, 0.6) is 0 Å². The van der Waals surface area contributed by atoms with Crippen LogP contribution in [-0.4, -0.2) is 40.8 Å². The van der Waals surface area contributed by atoms with Crippen LogP contribution in [0, 0.1) is 0 Å². The first-order valence-electron chi connectivity index (χ1n) is 7.75. The molecule has 0 fully saturated rings. The van der Waals surface area contributed by atoms with Gasteiger partial charge in [-0.05, 0) is 36.2 Å². The largest absolute Gasteiger partial charge is 0.469 e. The summed E-state index contributed by atoms with van der Waals surface area (Å²) in [6, 6.07) is 10.8. The molecule has 1 aromatic heterocycles. The van der Waals surface area contributed by atoms with Crippen molar-refractivity contribution in [3.05, 3.63) is 54.0 Å². The summed E-state index contributed by atoms with van der Waals surface area (Å²) in [4.78, 5) is 4.51. The Labute approximate surface area is 142 Å². The zero-order chi connectivity index (χ0) is 17.4. The first kappa shape index (κ1) is 18.1. The zero-order valence-electron chi connectivity index (χ0n) is 14.0.